The average molecular weight is 497 g/mol. The van der Waals surface area contributed by atoms with Crippen LogP contribution in [0, 0.1) is 29.8 Å². The number of fused-ring (bicyclic) bond motifs is 3. The van der Waals surface area contributed by atoms with E-state index in [0.717, 1.165) is 12.1 Å². The molecule has 5 rings (SSSR count). The number of ether oxygens (including phenoxy) is 2. The second kappa shape index (κ2) is 9.12. The molecule has 1 saturated heterocycles. The van der Waals surface area contributed by atoms with Crippen LogP contribution >= 0.6 is 0 Å². The normalized spacial score (nSPS) is 15.3. The lowest BCUT2D eigenvalue weighted by molar-refractivity contribution is -0.139. The highest BCUT2D eigenvalue weighted by Crippen LogP contribution is 2.47. The van der Waals surface area contributed by atoms with Crippen LogP contribution in [0.25, 0.3) is 32.9 Å². The Labute approximate surface area is 209 Å². The molecule has 1 aliphatic rings. The minimum Gasteiger partial charge on any atom is -0.490 e. The number of aromatic amines is 1. The van der Waals surface area contributed by atoms with Gasteiger partial charge in [-0.05, 0) is 74.0 Å². The number of rotatable bonds is 7. The summed E-state index contributed by atoms with van der Waals surface area (Å²) in [5.74, 6) is -0.814. The maximum absolute atomic E-state index is 16.1. The second-order valence-corrected chi connectivity index (χ2v) is 10.6. The number of H-pyrrole nitrogens is 1. The molecule has 190 valence electrons. The van der Waals surface area contributed by atoms with Crippen molar-refractivity contribution in [1.82, 2.24) is 9.88 Å². The van der Waals surface area contributed by atoms with Crippen LogP contribution in [0.2, 0.25) is 0 Å². The van der Waals surface area contributed by atoms with Crippen molar-refractivity contribution < 1.29 is 22.6 Å². The lowest BCUT2D eigenvalue weighted by Crippen LogP contribution is -2.53. The maximum atomic E-state index is 16.1. The van der Waals surface area contributed by atoms with E-state index in [0.29, 0.717) is 58.7 Å². The third-order valence-corrected chi connectivity index (χ3v) is 7.04. The fraction of sp³-hybridized carbons (Fsp3) is 0.379. The van der Waals surface area contributed by atoms with Gasteiger partial charge in [0.2, 0.25) is 0 Å². The Balaban J connectivity index is 1.79. The Bertz CT molecular complexity index is 1450. The van der Waals surface area contributed by atoms with Crippen LogP contribution in [0.1, 0.15) is 30.9 Å². The van der Waals surface area contributed by atoms with Gasteiger partial charge in [0.15, 0.2) is 5.75 Å². The fourth-order valence-electron chi connectivity index (χ4n) is 5.38. The molecule has 0 radical (unpaired) electrons. The highest BCUT2D eigenvalue weighted by molar-refractivity contribution is 6.12. The predicted molar refractivity (Wildman–Crippen MR) is 137 cm³/mol. The first-order chi connectivity index (χ1) is 17.1. The van der Waals surface area contributed by atoms with E-state index < -0.39 is 17.5 Å². The number of nitrogens with one attached hydrogen (secondary N) is 1. The molecule has 0 atom stereocenters. The van der Waals surface area contributed by atoms with Gasteiger partial charge in [-0.25, -0.2) is 13.2 Å². The number of hydrogen-bond donors (Lipinski definition) is 1. The molecule has 1 aromatic heterocycles. The highest BCUT2D eigenvalue weighted by Gasteiger charge is 2.40. The lowest BCUT2D eigenvalue weighted by Gasteiger charge is -2.42. The third kappa shape index (κ3) is 4.14. The van der Waals surface area contributed by atoms with Gasteiger partial charge in [-0.15, -0.1) is 0 Å². The van der Waals surface area contributed by atoms with Gasteiger partial charge in [-0.2, -0.15) is 0 Å². The van der Waals surface area contributed by atoms with E-state index in [1.54, 1.807) is 19.1 Å². The van der Waals surface area contributed by atoms with Crippen LogP contribution in [-0.4, -0.2) is 50.3 Å². The van der Waals surface area contributed by atoms with E-state index in [4.69, 9.17) is 9.47 Å². The van der Waals surface area contributed by atoms with Crippen molar-refractivity contribution in [3.63, 3.8) is 0 Å². The summed E-state index contributed by atoms with van der Waals surface area (Å²) in [5.41, 5.74) is 3.15. The van der Waals surface area contributed by atoms with Crippen molar-refractivity contribution in [3.8, 4) is 16.9 Å². The van der Waals surface area contributed by atoms with Crippen molar-refractivity contribution in [3.05, 3.63) is 65.0 Å². The monoisotopic (exact) mass is 496 g/mol. The van der Waals surface area contributed by atoms with E-state index >= 15 is 4.39 Å². The van der Waals surface area contributed by atoms with Crippen molar-refractivity contribution in [2.75, 3.05) is 40.5 Å². The predicted octanol–water partition coefficient (Wildman–Crippen LogP) is 6.79. The van der Waals surface area contributed by atoms with Gasteiger partial charge >= 0.3 is 0 Å². The smallest absolute Gasteiger partial charge is 0.151 e. The van der Waals surface area contributed by atoms with Crippen molar-refractivity contribution >= 4 is 21.8 Å². The van der Waals surface area contributed by atoms with Crippen LogP contribution in [0.15, 0.2) is 36.4 Å². The lowest BCUT2D eigenvalue weighted by atomic mass is 9.86. The number of benzene rings is 3. The fourth-order valence-corrected chi connectivity index (χ4v) is 5.38. The molecule has 36 heavy (non-hydrogen) atoms. The Morgan fingerprint density at radius 1 is 1.06 bits per heavy atom. The van der Waals surface area contributed by atoms with Crippen molar-refractivity contribution in [2.45, 2.75) is 26.7 Å². The number of hydrogen-bond acceptors (Lipinski definition) is 3. The van der Waals surface area contributed by atoms with Crippen molar-refractivity contribution in [2.24, 2.45) is 5.41 Å². The van der Waals surface area contributed by atoms with Gasteiger partial charge in [-0.1, -0.05) is 19.9 Å². The summed E-state index contributed by atoms with van der Waals surface area (Å²) in [6.07, 6.45) is 0. The number of aromatic nitrogens is 1. The molecule has 1 fully saturated rings. The summed E-state index contributed by atoms with van der Waals surface area (Å²) in [6.45, 7) is 7.93. The molecular weight excluding hydrogens is 465 g/mol. The highest BCUT2D eigenvalue weighted by atomic mass is 19.1. The van der Waals surface area contributed by atoms with E-state index in [-0.39, 0.29) is 16.7 Å². The first-order valence-corrected chi connectivity index (χ1v) is 12.2. The van der Waals surface area contributed by atoms with Gasteiger partial charge < -0.3 is 19.4 Å². The second-order valence-electron chi connectivity index (χ2n) is 10.6. The summed E-state index contributed by atoms with van der Waals surface area (Å²) < 4.78 is 56.9. The molecule has 0 unspecified atom stereocenters. The summed E-state index contributed by atoms with van der Waals surface area (Å²) in [7, 11) is 4.00. The summed E-state index contributed by atoms with van der Waals surface area (Å²) in [4.78, 5) is 5.35. The molecule has 0 amide bonds. The Morgan fingerprint density at radius 3 is 2.39 bits per heavy atom. The first-order valence-electron chi connectivity index (χ1n) is 12.2. The van der Waals surface area contributed by atoms with Crippen LogP contribution in [0.4, 0.5) is 13.2 Å². The zero-order chi connectivity index (χ0) is 25.8. The third-order valence-electron chi connectivity index (χ3n) is 7.04. The van der Waals surface area contributed by atoms with Crippen LogP contribution in [-0.2, 0) is 4.74 Å². The zero-order valence-corrected chi connectivity index (χ0v) is 21.3. The SMILES string of the molecule is Cc1c(-c2cc(F)ccc2C(C)C)c(OCC2(CN(C)C)COC2)c2[nH]c3ccc(F)cc3c2c1F. The van der Waals surface area contributed by atoms with Gasteiger partial charge in [0.25, 0.3) is 0 Å². The molecule has 7 heteroatoms. The molecule has 3 aromatic carbocycles. The van der Waals surface area contributed by atoms with Crippen LogP contribution in [0.5, 0.6) is 5.75 Å². The molecule has 1 N–H and O–H groups in total. The molecule has 0 saturated carbocycles. The summed E-state index contributed by atoms with van der Waals surface area (Å²) in [6, 6.07) is 8.88. The Morgan fingerprint density at radius 2 is 1.75 bits per heavy atom. The average Bonchev–Trinajstić information content (AvgIpc) is 3.16. The maximum Gasteiger partial charge on any atom is 0.151 e. The molecular formula is C29H31F3N2O2. The molecule has 0 aliphatic carbocycles. The zero-order valence-electron chi connectivity index (χ0n) is 21.3. The minimum atomic E-state index is -0.474. The number of halogens is 3. The van der Waals surface area contributed by atoms with Gasteiger partial charge in [0.1, 0.15) is 17.5 Å². The van der Waals surface area contributed by atoms with Gasteiger partial charge in [0, 0.05) is 28.4 Å². The molecule has 4 aromatic rings. The minimum absolute atomic E-state index is 0.0727. The molecule has 1 aliphatic heterocycles. The quantitative estimate of drug-likeness (QED) is 0.306. The molecule has 2 heterocycles. The Kier molecular flexibility index (Phi) is 6.25. The van der Waals surface area contributed by atoms with E-state index in [1.807, 2.05) is 27.9 Å². The van der Waals surface area contributed by atoms with E-state index in [9.17, 15) is 8.78 Å². The summed E-state index contributed by atoms with van der Waals surface area (Å²) in [5, 5.41) is 0.718. The summed E-state index contributed by atoms with van der Waals surface area (Å²) >= 11 is 0. The van der Waals surface area contributed by atoms with Gasteiger partial charge in [-0.3, -0.25) is 0 Å². The molecule has 0 spiro atoms. The first kappa shape index (κ1) is 24.7. The largest absolute Gasteiger partial charge is 0.490 e. The number of nitrogens with zero attached hydrogens (tertiary/aromatic N) is 1. The standard InChI is InChI=1S/C29H31F3N2O2/c1-16(2)20-8-6-18(30)10-21(20)24-17(3)26(32)25-22-11-19(31)7-9-23(22)33-27(25)28(24)36-15-29(12-34(4)5)13-35-14-29/h6-11,16,33H,12-15H2,1-5H3. The van der Waals surface area contributed by atoms with E-state index in [2.05, 4.69) is 9.88 Å². The van der Waals surface area contributed by atoms with E-state index in [1.165, 1.54) is 24.3 Å². The van der Waals surface area contributed by atoms with Crippen molar-refractivity contribution in [1.29, 1.82) is 0 Å². The Hall–Kier alpha value is -3.03. The van der Waals surface area contributed by atoms with Crippen LogP contribution < -0.4 is 4.74 Å². The molecule has 4 nitrogen and oxygen atoms in total. The topological polar surface area (TPSA) is 37.5 Å². The molecule has 0 bridgehead atoms. The van der Waals surface area contributed by atoms with Crippen LogP contribution in [0.3, 0.4) is 0 Å². The van der Waals surface area contributed by atoms with Gasteiger partial charge in [0.05, 0.1) is 30.8 Å².